The van der Waals surface area contributed by atoms with E-state index in [9.17, 15) is 5.21 Å². The Morgan fingerprint density at radius 3 is 2.60 bits per heavy atom. The van der Waals surface area contributed by atoms with Gasteiger partial charge in [-0.1, -0.05) is 42.0 Å². The summed E-state index contributed by atoms with van der Waals surface area (Å²) >= 11 is 0. The number of allylic oxidation sites excluding steroid dienone is 2. The number of nitrogens with zero attached hydrogens (tertiary/aromatic N) is 2. The average Bonchev–Trinajstić information content (AvgIpc) is 2.84. The Morgan fingerprint density at radius 2 is 1.90 bits per heavy atom. The molecule has 2 rings (SSSR count). The third-order valence-corrected chi connectivity index (χ3v) is 3.02. The topological polar surface area (TPSA) is 31.0 Å². The zero-order valence-electron chi connectivity index (χ0n) is 12.0. The minimum atomic E-state index is 0.370. The Labute approximate surface area is 120 Å². The first kappa shape index (κ1) is 14.1. The molecular formula is C17H20N2O. The molecule has 20 heavy (non-hydrogen) atoms. The van der Waals surface area contributed by atoms with Crippen LogP contribution in [0.25, 0.3) is 0 Å². The van der Waals surface area contributed by atoms with Gasteiger partial charge in [-0.3, -0.25) is 0 Å². The molecule has 1 aromatic heterocycles. The molecule has 0 spiro atoms. The highest BCUT2D eigenvalue weighted by Gasteiger charge is 2.02. The SMILES string of the molecule is CC(C)=CCn1cccc1/C=[N+](\[O-])Cc1ccccc1. The lowest BCUT2D eigenvalue weighted by Gasteiger charge is -2.06. The van der Waals surface area contributed by atoms with Crippen LogP contribution in [0.2, 0.25) is 0 Å². The monoisotopic (exact) mass is 268 g/mol. The molecule has 0 saturated carbocycles. The summed E-state index contributed by atoms with van der Waals surface area (Å²) in [5.41, 5.74) is 3.21. The van der Waals surface area contributed by atoms with Crippen LogP contribution in [0.15, 0.2) is 60.3 Å². The van der Waals surface area contributed by atoms with E-state index in [4.69, 9.17) is 0 Å². The lowest BCUT2D eigenvalue weighted by Crippen LogP contribution is -2.09. The van der Waals surface area contributed by atoms with Crippen molar-refractivity contribution in [1.82, 2.24) is 4.57 Å². The number of hydrogen-bond acceptors (Lipinski definition) is 1. The third kappa shape index (κ3) is 4.12. The molecule has 104 valence electrons. The summed E-state index contributed by atoms with van der Waals surface area (Å²) in [5.74, 6) is 0. The Kier molecular flexibility index (Phi) is 4.77. The molecule has 0 fully saturated rings. The van der Waals surface area contributed by atoms with E-state index in [1.54, 1.807) is 6.21 Å². The Morgan fingerprint density at radius 1 is 1.15 bits per heavy atom. The molecule has 0 unspecified atom stereocenters. The predicted octanol–water partition coefficient (Wildman–Crippen LogP) is 3.58. The van der Waals surface area contributed by atoms with Gasteiger partial charge in [0.15, 0.2) is 12.8 Å². The Balaban J connectivity index is 2.10. The van der Waals surface area contributed by atoms with E-state index in [-0.39, 0.29) is 0 Å². The van der Waals surface area contributed by atoms with Gasteiger partial charge in [0, 0.05) is 18.3 Å². The lowest BCUT2D eigenvalue weighted by molar-refractivity contribution is -0.469. The van der Waals surface area contributed by atoms with Crippen molar-refractivity contribution in [2.45, 2.75) is 26.9 Å². The van der Waals surface area contributed by atoms with Gasteiger partial charge in [-0.05, 0) is 26.0 Å². The second-order valence-electron chi connectivity index (χ2n) is 5.06. The summed E-state index contributed by atoms with van der Waals surface area (Å²) in [6.45, 7) is 5.30. The largest absolute Gasteiger partial charge is 0.623 e. The zero-order valence-corrected chi connectivity index (χ0v) is 12.0. The van der Waals surface area contributed by atoms with Crippen molar-refractivity contribution in [2.75, 3.05) is 0 Å². The van der Waals surface area contributed by atoms with Gasteiger partial charge in [-0.25, -0.2) is 4.74 Å². The van der Waals surface area contributed by atoms with Gasteiger partial charge in [0.05, 0.1) is 0 Å². The van der Waals surface area contributed by atoms with E-state index in [1.165, 1.54) is 5.57 Å². The van der Waals surface area contributed by atoms with Crippen LogP contribution in [0, 0.1) is 5.21 Å². The van der Waals surface area contributed by atoms with E-state index in [0.29, 0.717) is 6.54 Å². The molecular weight excluding hydrogens is 248 g/mol. The van der Waals surface area contributed by atoms with Crippen molar-refractivity contribution in [3.63, 3.8) is 0 Å². The number of benzene rings is 1. The molecule has 1 heterocycles. The molecule has 0 aliphatic carbocycles. The normalized spacial score (nSPS) is 11.4. The van der Waals surface area contributed by atoms with Crippen LogP contribution in [0.1, 0.15) is 25.1 Å². The van der Waals surface area contributed by atoms with Gasteiger partial charge < -0.3 is 9.77 Å². The van der Waals surface area contributed by atoms with Crippen molar-refractivity contribution in [2.24, 2.45) is 0 Å². The molecule has 0 radical (unpaired) electrons. The molecule has 3 heteroatoms. The van der Waals surface area contributed by atoms with E-state index >= 15 is 0 Å². The molecule has 2 aromatic rings. The second-order valence-corrected chi connectivity index (χ2v) is 5.06. The molecule has 0 N–H and O–H groups in total. The first-order valence-electron chi connectivity index (χ1n) is 6.76. The van der Waals surface area contributed by atoms with Crippen molar-refractivity contribution >= 4 is 6.21 Å². The molecule has 0 bridgehead atoms. The summed E-state index contributed by atoms with van der Waals surface area (Å²) in [6, 6.07) is 13.7. The van der Waals surface area contributed by atoms with Gasteiger partial charge in [-0.15, -0.1) is 0 Å². The van der Waals surface area contributed by atoms with E-state index < -0.39 is 0 Å². The van der Waals surface area contributed by atoms with Crippen LogP contribution in [0.3, 0.4) is 0 Å². The quantitative estimate of drug-likeness (QED) is 0.268. The maximum atomic E-state index is 12.0. The van der Waals surface area contributed by atoms with E-state index in [2.05, 4.69) is 24.5 Å². The van der Waals surface area contributed by atoms with Crippen LogP contribution in [0.4, 0.5) is 0 Å². The van der Waals surface area contributed by atoms with Crippen molar-refractivity contribution < 1.29 is 4.74 Å². The van der Waals surface area contributed by atoms with E-state index in [1.807, 2.05) is 48.7 Å². The van der Waals surface area contributed by atoms with E-state index in [0.717, 1.165) is 22.5 Å². The fourth-order valence-electron chi connectivity index (χ4n) is 1.95. The first-order chi connectivity index (χ1) is 9.65. The zero-order chi connectivity index (χ0) is 14.4. The van der Waals surface area contributed by atoms with Crippen LogP contribution in [-0.2, 0) is 13.1 Å². The highest BCUT2D eigenvalue weighted by molar-refractivity contribution is 5.73. The lowest BCUT2D eigenvalue weighted by atomic mass is 10.2. The summed E-state index contributed by atoms with van der Waals surface area (Å²) < 4.78 is 3.03. The minimum absolute atomic E-state index is 0.370. The second kappa shape index (κ2) is 6.75. The van der Waals surface area contributed by atoms with Crippen molar-refractivity contribution in [3.05, 3.63) is 76.8 Å². The molecule has 3 nitrogen and oxygen atoms in total. The molecule has 0 saturated heterocycles. The highest BCUT2D eigenvalue weighted by Crippen LogP contribution is 2.03. The van der Waals surface area contributed by atoms with Crippen molar-refractivity contribution in [3.8, 4) is 0 Å². The summed E-state index contributed by atoms with van der Waals surface area (Å²) in [6.07, 6.45) is 5.77. The Bertz CT molecular complexity index is 605. The van der Waals surface area contributed by atoms with Gasteiger partial charge >= 0.3 is 0 Å². The highest BCUT2D eigenvalue weighted by atomic mass is 16.5. The van der Waals surface area contributed by atoms with Crippen LogP contribution in [-0.4, -0.2) is 15.5 Å². The standard InChI is InChI=1S/C17H20N2O/c1-15(2)10-12-18-11-6-9-17(18)14-19(20)13-16-7-4-3-5-8-16/h3-11,14H,12-13H2,1-2H3/b19-14-. The number of rotatable bonds is 5. The number of hydroxylamine groups is 1. The minimum Gasteiger partial charge on any atom is -0.623 e. The molecule has 1 aromatic carbocycles. The van der Waals surface area contributed by atoms with Gasteiger partial charge in [0.1, 0.15) is 5.69 Å². The number of hydrogen-bond donors (Lipinski definition) is 0. The fraction of sp³-hybridized carbons (Fsp3) is 0.235. The van der Waals surface area contributed by atoms with Gasteiger partial charge in [0.25, 0.3) is 0 Å². The van der Waals surface area contributed by atoms with Crippen LogP contribution in [0.5, 0.6) is 0 Å². The first-order valence-corrected chi connectivity index (χ1v) is 6.76. The summed E-state index contributed by atoms with van der Waals surface area (Å²) in [5, 5.41) is 12.0. The summed E-state index contributed by atoms with van der Waals surface area (Å²) in [4.78, 5) is 0. The predicted molar refractivity (Wildman–Crippen MR) is 82.8 cm³/mol. The Hall–Kier alpha value is -2.29. The van der Waals surface area contributed by atoms with Gasteiger partial charge in [-0.2, -0.15) is 0 Å². The van der Waals surface area contributed by atoms with Crippen LogP contribution >= 0.6 is 0 Å². The molecule has 0 amide bonds. The number of aromatic nitrogens is 1. The summed E-state index contributed by atoms with van der Waals surface area (Å²) in [7, 11) is 0. The van der Waals surface area contributed by atoms with Crippen LogP contribution < -0.4 is 0 Å². The third-order valence-electron chi connectivity index (χ3n) is 3.02. The fourth-order valence-corrected chi connectivity index (χ4v) is 1.95. The smallest absolute Gasteiger partial charge is 0.198 e. The average molecular weight is 268 g/mol. The molecule has 0 atom stereocenters. The molecule has 0 aliphatic heterocycles. The maximum Gasteiger partial charge on any atom is 0.198 e. The van der Waals surface area contributed by atoms with Gasteiger partial charge in [0.2, 0.25) is 0 Å². The molecule has 0 aliphatic rings. The maximum absolute atomic E-state index is 12.0. The van der Waals surface area contributed by atoms with Crippen molar-refractivity contribution in [1.29, 1.82) is 0 Å².